The van der Waals surface area contributed by atoms with Gasteiger partial charge in [0.25, 0.3) is 0 Å². The van der Waals surface area contributed by atoms with E-state index in [4.69, 9.17) is 0 Å². The third-order valence-electron chi connectivity index (χ3n) is 3.52. The lowest BCUT2D eigenvalue weighted by Crippen LogP contribution is -1.91. The molecular weight excluding hydrogens is 264 g/mol. The molecule has 0 bridgehead atoms. The van der Waals surface area contributed by atoms with Crippen LogP contribution in [0, 0.1) is 13.8 Å². The summed E-state index contributed by atoms with van der Waals surface area (Å²) in [6, 6.07) is 14.8. The summed E-state index contributed by atoms with van der Waals surface area (Å²) in [6.07, 6.45) is 0.965. The van der Waals surface area contributed by atoms with E-state index in [2.05, 4.69) is 48.1 Å². The molecule has 0 unspecified atom stereocenters. The van der Waals surface area contributed by atoms with Crippen molar-refractivity contribution in [3.63, 3.8) is 0 Å². The molecule has 0 radical (unpaired) electrons. The third kappa shape index (κ3) is 2.88. The standard InChI is InChI=1S/C17H18N2S/c1-12-7-8-14(11-13(12)2)20-10-9-17-18-15-5-3-4-6-16(15)19-17/h3-8,11H,9-10H2,1-2H3,(H,18,19). The van der Waals surface area contributed by atoms with Crippen LogP contribution in [0.5, 0.6) is 0 Å². The number of fused-ring (bicyclic) bond motifs is 1. The van der Waals surface area contributed by atoms with Crippen LogP contribution < -0.4 is 0 Å². The zero-order valence-electron chi connectivity index (χ0n) is 11.8. The fourth-order valence-corrected chi connectivity index (χ4v) is 3.15. The highest BCUT2D eigenvalue weighted by atomic mass is 32.2. The van der Waals surface area contributed by atoms with Gasteiger partial charge in [-0.25, -0.2) is 4.98 Å². The summed E-state index contributed by atoms with van der Waals surface area (Å²) in [6.45, 7) is 4.32. The van der Waals surface area contributed by atoms with Crippen LogP contribution in [0.25, 0.3) is 11.0 Å². The van der Waals surface area contributed by atoms with Crippen LogP contribution in [0.15, 0.2) is 47.4 Å². The molecule has 1 aromatic heterocycles. The molecule has 0 spiro atoms. The van der Waals surface area contributed by atoms with Crippen molar-refractivity contribution >= 4 is 22.8 Å². The second-order valence-corrected chi connectivity index (χ2v) is 6.21. The number of H-pyrrole nitrogens is 1. The molecule has 2 aromatic carbocycles. The summed E-state index contributed by atoms with van der Waals surface area (Å²) in [4.78, 5) is 9.32. The third-order valence-corrected chi connectivity index (χ3v) is 4.52. The Bertz CT molecular complexity index is 698. The van der Waals surface area contributed by atoms with Crippen molar-refractivity contribution < 1.29 is 0 Å². The zero-order valence-corrected chi connectivity index (χ0v) is 12.6. The molecule has 0 amide bonds. The van der Waals surface area contributed by atoms with Gasteiger partial charge in [0.1, 0.15) is 5.82 Å². The number of hydrogen-bond acceptors (Lipinski definition) is 2. The monoisotopic (exact) mass is 282 g/mol. The topological polar surface area (TPSA) is 28.7 Å². The number of aromatic nitrogens is 2. The number of imidazole rings is 1. The van der Waals surface area contributed by atoms with Gasteiger partial charge in [0.15, 0.2) is 0 Å². The van der Waals surface area contributed by atoms with Gasteiger partial charge < -0.3 is 4.98 Å². The van der Waals surface area contributed by atoms with Gasteiger partial charge >= 0.3 is 0 Å². The van der Waals surface area contributed by atoms with E-state index >= 15 is 0 Å². The van der Waals surface area contributed by atoms with Gasteiger partial charge in [0, 0.05) is 17.1 Å². The molecule has 0 aliphatic carbocycles. The number of para-hydroxylation sites is 2. The number of rotatable bonds is 4. The zero-order chi connectivity index (χ0) is 13.9. The van der Waals surface area contributed by atoms with Gasteiger partial charge in [-0.15, -0.1) is 11.8 Å². The van der Waals surface area contributed by atoms with Crippen LogP contribution in [0.4, 0.5) is 0 Å². The van der Waals surface area contributed by atoms with E-state index in [9.17, 15) is 0 Å². The first kappa shape index (κ1) is 13.3. The molecule has 0 fully saturated rings. The highest BCUT2D eigenvalue weighted by Crippen LogP contribution is 2.22. The molecule has 3 rings (SSSR count). The molecule has 0 aliphatic rings. The Morgan fingerprint density at radius 3 is 2.70 bits per heavy atom. The molecule has 3 heteroatoms. The summed E-state index contributed by atoms with van der Waals surface area (Å²) in [5, 5.41) is 0. The second-order valence-electron chi connectivity index (χ2n) is 5.05. The lowest BCUT2D eigenvalue weighted by atomic mass is 10.1. The van der Waals surface area contributed by atoms with E-state index in [1.807, 2.05) is 30.0 Å². The first-order valence-corrected chi connectivity index (χ1v) is 7.84. The van der Waals surface area contributed by atoms with Crippen molar-refractivity contribution in [1.29, 1.82) is 0 Å². The number of aryl methyl sites for hydroxylation is 3. The molecule has 0 saturated carbocycles. The molecule has 102 valence electrons. The molecule has 1 heterocycles. The number of nitrogens with zero attached hydrogens (tertiary/aromatic N) is 1. The number of thioether (sulfide) groups is 1. The number of nitrogens with one attached hydrogen (secondary N) is 1. The Labute approximate surface area is 123 Å². The Balaban J connectivity index is 1.63. The van der Waals surface area contributed by atoms with Crippen molar-refractivity contribution in [2.45, 2.75) is 25.2 Å². The fraction of sp³-hybridized carbons (Fsp3) is 0.235. The first-order chi connectivity index (χ1) is 9.72. The summed E-state index contributed by atoms with van der Waals surface area (Å²) in [5.41, 5.74) is 4.89. The second kappa shape index (κ2) is 5.71. The van der Waals surface area contributed by atoms with Crippen LogP contribution in [-0.4, -0.2) is 15.7 Å². The van der Waals surface area contributed by atoms with Crippen LogP contribution >= 0.6 is 11.8 Å². The molecule has 0 atom stereocenters. The van der Waals surface area contributed by atoms with Crippen molar-refractivity contribution in [2.24, 2.45) is 0 Å². The predicted octanol–water partition coefficient (Wildman–Crippen LogP) is 4.51. The van der Waals surface area contributed by atoms with E-state index < -0.39 is 0 Å². The van der Waals surface area contributed by atoms with Gasteiger partial charge in [-0.1, -0.05) is 18.2 Å². The normalized spacial score (nSPS) is 11.1. The van der Waals surface area contributed by atoms with Gasteiger partial charge in [-0.05, 0) is 49.2 Å². The van der Waals surface area contributed by atoms with Gasteiger partial charge in [0.05, 0.1) is 11.0 Å². The number of benzene rings is 2. The van der Waals surface area contributed by atoms with Gasteiger partial charge in [0.2, 0.25) is 0 Å². The maximum atomic E-state index is 4.61. The maximum absolute atomic E-state index is 4.61. The Morgan fingerprint density at radius 2 is 1.90 bits per heavy atom. The van der Waals surface area contributed by atoms with Crippen LogP contribution in [0.3, 0.4) is 0 Å². The Morgan fingerprint density at radius 1 is 1.05 bits per heavy atom. The average Bonchev–Trinajstić information content (AvgIpc) is 2.85. The SMILES string of the molecule is Cc1ccc(SCCc2nc3ccccc3[nH]2)cc1C. The first-order valence-electron chi connectivity index (χ1n) is 6.86. The minimum atomic E-state index is 0.965. The molecule has 3 aromatic rings. The summed E-state index contributed by atoms with van der Waals surface area (Å²) in [7, 11) is 0. The number of hydrogen-bond donors (Lipinski definition) is 1. The number of aromatic amines is 1. The fourth-order valence-electron chi connectivity index (χ4n) is 2.19. The van der Waals surface area contributed by atoms with E-state index in [0.29, 0.717) is 0 Å². The minimum absolute atomic E-state index is 0.965. The largest absolute Gasteiger partial charge is 0.342 e. The predicted molar refractivity (Wildman–Crippen MR) is 86.4 cm³/mol. The Kier molecular flexibility index (Phi) is 3.79. The van der Waals surface area contributed by atoms with Gasteiger partial charge in [-0.2, -0.15) is 0 Å². The highest BCUT2D eigenvalue weighted by molar-refractivity contribution is 7.99. The minimum Gasteiger partial charge on any atom is -0.342 e. The molecule has 1 N–H and O–H groups in total. The van der Waals surface area contributed by atoms with E-state index in [1.54, 1.807) is 0 Å². The van der Waals surface area contributed by atoms with Crippen molar-refractivity contribution in [2.75, 3.05) is 5.75 Å². The molecule has 0 aliphatic heterocycles. The maximum Gasteiger partial charge on any atom is 0.108 e. The van der Waals surface area contributed by atoms with Crippen LogP contribution in [-0.2, 0) is 6.42 Å². The van der Waals surface area contributed by atoms with E-state index in [-0.39, 0.29) is 0 Å². The van der Waals surface area contributed by atoms with Gasteiger partial charge in [-0.3, -0.25) is 0 Å². The lowest BCUT2D eigenvalue weighted by molar-refractivity contribution is 1.01. The quantitative estimate of drug-likeness (QED) is 0.713. The van der Waals surface area contributed by atoms with Crippen LogP contribution in [0.2, 0.25) is 0 Å². The Hall–Kier alpha value is -1.74. The van der Waals surface area contributed by atoms with Crippen LogP contribution in [0.1, 0.15) is 17.0 Å². The van der Waals surface area contributed by atoms with Crippen molar-refractivity contribution in [3.8, 4) is 0 Å². The molecule has 2 nitrogen and oxygen atoms in total. The van der Waals surface area contributed by atoms with E-state index in [0.717, 1.165) is 29.0 Å². The average molecular weight is 282 g/mol. The molecular formula is C17H18N2S. The lowest BCUT2D eigenvalue weighted by Gasteiger charge is -2.04. The molecule has 0 saturated heterocycles. The van der Waals surface area contributed by atoms with Crippen molar-refractivity contribution in [3.05, 3.63) is 59.4 Å². The summed E-state index contributed by atoms with van der Waals surface area (Å²) < 4.78 is 0. The van der Waals surface area contributed by atoms with Crippen molar-refractivity contribution in [1.82, 2.24) is 9.97 Å². The summed E-state index contributed by atoms with van der Waals surface area (Å²) in [5.74, 6) is 2.12. The van der Waals surface area contributed by atoms with E-state index in [1.165, 1.54) is 16.0 Å². The molecule has 20 heavy (non-hydrogen) atoms. The smallest absolute Gasteiger partial charge is 0.108 e. The summed E-state index contributed by atoms with van der Waals surface area (Å²) >= 11 is 1.89. The highest BCUT2D eigenvalue weighted by Gasteiger charge is 2.03.